The largest absolute Gasteiger partial charge is 0.423 e. The van der Waals surface area contributed by atoms with E-state index in [1.165, 1.54) is 11.1 Å². The zero-order valence-corrected chi connectivity index (χ0v) is 20.5. The zero-order valence-electron chi connectivity index (χ0n) is 18.9. The Kier molecular flexibility index (Phi) is 6.71. The second kappa shape index (κ2) is 10.1. The van der Waals surface area contributed by atoms with Crippen molar-refractivity contribution < 1.29 is 19.1 Å². The normalized spacial score (nSPS) is 18.3. The summed E-state index contributed by atoms with van der Waals surface area (Å²) >= 11 is 6.98. The molecule has 1 fully saturated rings. The van der Waals surface area contributed by atoms with Crippen LogP contribution in [0.3, 0.4) is 0 Å². The highest BCUT2D eigenvalue weighted by Gasteiger charge is 2.36. The Morgan fingerprint density at radius 1 is 1.08 bits per heavy atom. The van der Waals surface area contributed by atoms with Crippen LogP contribution in [0.2, 0.25) is 5.02 Å². The number of nitrogens with zero attached hydrogens (tertiary/aromatic N) is 4. The number of likely N-dealkylation sites (tertiary alicyclic amines) is 1. The van der Waals surface area contributed by atoms with Gasteiger partial charge >= 0.3 is 5.97 Å². The second-order valence-electron chi connectivity index (χ2n) is 8.24. The lowest BCUT2D eigenvalue weighted by Crippen LogP contribution is -2.35. The van der Waals surface area contributed by atoms with Crippen LogP contribution in [0.4, 0.5) is 0 Å². The Morgan fingerprint density at radius 2 is 1.78 bits per heavy atom. The summed E-state index contributed by atoms with van der Waals surface area (Å²) < 4.78 is 5.37. The Hall–Kier alpha value is -3.76. The summed E-state index contributed by atoms with van der Waals surface area (Å²) in [5.41, 5.74) is 1.06. The molecule has 1 saturated heterocycles. The van der Waals surface area contributed by atoms with E-state index < -0.39 is 11.9 Å². The first kappa shape index (κ1) is 24.0. The minimum absolute atomic E-state index is 0.00956. The summed E-state index contributed by atoms with van der Waals surface area (Å²) in [5, 5.41) is 15.5. The standard InChI is InChI=1S/C25H20ClN5O4S/c26-17-7-5-16(6-8-17)24(34)35-18-9-3-15(4-10-18)13-19-22(27)31-25(28-23(19)33)36-20(29-31)14-21(32)30-11-1-2-12-30/h3-10,13,27H,1-2,11-12,14H2/b19-13-,27-22?. The topological polar surface area (TPSA) is 115 Å². The molecule has 5 rings (SSSR count). The van der Waals surface area contributed by atoms with Gasteiger partial charge in [-0.15, -0.1) is 0 Å². The monoisotopic (exact) mass is 521 g/mol. The van der Waals surface area contributed by atoms with Crippen molar-refractivity contribution in [3.63, 3.8) is 0 Å². The van der Waals surface area contributed by atoms with Gasteiger partial charge in [0.05, 0.1) is 17.6 Å². The number of carbonyl (C=O) groups is 3. The van der Waals surface area contributed by atoms with Crippen molar-refractivity contribution in [2.24, 2.45) is 10.1 Å². The molecule has 182 valence electrons. The third kappa shape index (κ3) is 5.09. The summed E-state index contributed by atoms with van der Waals surface area (Å²) in [6, 6.07) is 12.9. The maximum Gasteiger partial charge on any atom is 0.343 e. The SMILES string of the molecule is N=C1/C(=C/c2ccc(OC(=O)c3ccc(Cl)cc3)cc2)C(=O)N=C2SC(CC(=O)N3CCCC3)=NN12. The van der Waals surface area contributed by atoms with Gasteiger partial charge in [-0.25, -0.2) is 4.79 Å². The van der Waals surface area contributed by atoms with Gasteiger partial charge in [-0.1, -0.05) is 23.7 Å². The van der Waals surface area contributed by atoms with Gasteiger partial charge in [0.1, 0.15) is 10.8 Å². The van der Waals surface area contributed by atoms with Crippen molar-refractivity contribution >= 4 is 63.3 Å². The number of nitrogens with one attached hydrogen (secondary N) is 1. The predicted molar refractivity (Wildman–Crippen MR) is 138 cm³/mol. The molecule has 2 aromatic carbocycles. The van der Waals surface area contributed by atoms with Gasteiger partial charge in [0.25, 0.3) is 5.91 Å². The molecule has 3 aliphatic rings. The van der Waals surface area contributed by atoms with Gasteiger partial charge in [0, 0.05) is 18.1 Å². The number of fused-ring (bicyclic) bond motifs is 1. The van der Waals surface area contributed by atoms with Crippen molar-refractivity contribution in [1.29, 1.82) is 5.41 Å². The Bertz CT molecular complexity index is 1350. The fourth-order valence-corrected chi connectivity index (χ4v) is 4.86. The van der Waals surface area contributed by atoms with Crippen LogP contribution in [0.15, 0.2) is 64.2 Å². The molecule has 36 heavy (non-hydrogen) atoms. The number of esters is 1. The number of amidine groups is 2. The Balaban J connectivity index is 1.27. The number of ether oxygens (including phenoxy) is 1. The highest BCUT2D eigenvalue weighted by atomic mass is 35.5. The smallest absolute Gasteiger partial charge is 0.343 e. The quantitative estimate of drug-likeness (QED) is 0.358. The summed E-state index contributed by atoms with van der Waals surface area (Å²) in [6.07, 6.45) is 3.66. The van der Waals surface area contributed by atoms with Gasteiger partial charge < -0.3 is 9.64 Å². The summed E-state index contributed by atoms with van der Waals surface area (Å²) in [6.45, 7) is 1.50. The Morgan fingerprint density at radius 3 is 2.47 bits per heavy atom. The van der Waals surface area contributed by atoms with E-state index in [1.54, 1.807) is 53.4 Å². The van der Waals surface area contributed by atoms with E-state index in [9.17, 15) is 14.4 Å². The van der Waals surface area contributed by atoms with Crippen LogP contribution < -0.4 is 4.74 Å². The minimum Gasteiger partial charge on any atom is -0.423 e. The number of rotatable bonds is 5. The second-order valence-corrected chi connectivity index (χ2v) is 9.72. The molecular formula is C25H20ClN5O4S. The number of hydrogen-bond acceptors (Lipinski definition) is 7. The fraction of sp³-hybridized carbons (Fsp3) is 0.200. The molecule has 3 heterocycles. The van der Waals surface area contributed by atoms with Crippen LogP contribution in [0.1, 0.15) is 35.2 Å². The van der Waals surface area contributed by atoms with E-state index in [4.69, 9.17) is 21.7 Å². The predicted octanol–water partition coefficient (Wildman–Crippen LogP) is 4.19. The average Bonchev–Trinajstić information content (AvgIpc) is 3.54. The Labute approximate surface area is 216 Å². The number of hydrazone groups is 1. The molecule has 0 aromatic heterocycles. The molecular weight excluding hydrogens is 502 g/mol. The van der Waals surface area contributed by atoms with Crippen LogP contribution in [-0.2, 0) is 9.59 Å². The van der Waals surface area contributed by atoms with E-state index in [0.29, 0.717) is 26.9 Å². The number of amides is 2. The molecule has 9 nitrogen and oxygen atoms in total. The van der Waals surface area contributed by atoms with Crippen molar-refractivity contribution in [2.45, 2.75) is 19.3 Å². The third-order valence-electron chi connectivity index (χ3n) is 5.74. The number of thioether (sulfide) groups is 1. The lowest BCUT2D eigenvalue weighted by atomic mass is 10.1. The number of halogens is 1. The molecule has 0 bridgehead atoms. The molecule has 11 heteroatoms. The third-order valence-corrected chi connectivity index (χ3v) is 6.90. The number of aliphatic imine (C=N–C) groups is 1. The molecule has 1 N–H and O–H groups in total. The van der Waals surface area contributed by atoms with Gasteiger partial charge in [-0.05, 0) is 72.6 Å². The zero-order chi connectivity index (χ0) is 25.2. The first-order valence-electron chi connectivity index (χ1n) is 11.2. The molecule has 2 aromatic rings. The van der Waals surface area contributed by atoms with Crippen LogP contribution in [0.5, 0.6) is 5.75 Å². The molecule has 3 aliphatic heterocycles. The van der Waals surface area contributed by atoms with Gasteiger partial charge in [-0.3, -0.25) is 15.0 Å². The molecule has 0 saturated carbocycles. The first-order chi connectivity index (χ1) is 17.4. The molecule has 0 aliphatic carbocycles. The first-order valence-corrected chi connectivity index (χ1v) is 12.4. The summed E-state index contributed by atoms with van der Waals surface area (Å²) in [7, 11) is 0. The highest BCUT2D eigenvalue weighted by molar-refractivity contribution is 8.27. The van der Waals surface area contributed by atoms with E-state index in [2.05, 4.69) is 10.1 Å². The molecule has 0 unspecified atom stereocenters. The highest BCUT2D eigenvalue weighted by Crippen LogP contribution is 2.30. The summed E-state index contributed by atoms with van der Waals surface area (Å²) in [5.74, 6) is -0.869. The van der Waals surface area contributed by atoms with Crippen molar-refractivity contribution in [3.8, 4) is 5.75 Å². The van der Waals surface area contributed by atoms with Crippen LogP contribution >= 0.6 is 23.4 Å². The maximum absolute atomic E-state index is 12.6. The van der Waals surface area contributed by atoms with E-state index in [1.807, 2.05) is 0 Å². The number of hydrogen-bond donors (Lipinski definition) is 1. The van der Waals surface area contributed by atoms with Crippen molar-refractivity contribution in [2.75, 3.05) is 13.1 Å². The van der Waals surface area contributed by atoms with E-state index >= 15 is 0 Å². The maximum atomic E-state index is 12.6. The number of carbonyl (C=O) groups excluding carboxylic acids is 3. The van der Waals surface area contributed by atoms with Crippen molar-refractivity contribution in [1.82, 2.24) is 9.91 Å². The fourth-order valence-electron chi connectivity index (χ4n) is 3.86. The molecule has 0 atom stereocenters. The van der Waals surface area contributed by atoms with Crippen LogP contribution in [0, 0.1) is 5.41 Å². The van der Waals surface area contributed by atoms with Crippen LogP contribution in [0.25, 0.3) is 6.08 Å². The van der Waals surface area contributed by atoms with E-state index in [0.717, 1.165) is 37.7 Å². The van der Waals surface area contributed by atoms with E-state index in [-0.39, 0.29) is 28.9 Å². The molecule has 0 radical (unpaired) electrons. The van der Waals surface area contributed by atoms with Gasteiger partial charge in [0.2, 0.25) is 11.1 Å². The van der Waals surface area contributed by atoms with Crippen LogP contribution in [-0.4, -0.2) is 56.8 Å². The average molecular weight is 522 g/mol. The lowest BCUT2D eigenvalue weighted by Gasteiger charge is -2.20. The molecule has 0 spiro atoms. The summed E-state index contributed by atoms with van der Waals surface area (Å²) in [4.78, 5) is 43.2. The molecule has 2 amide bonds. The number of benzene rings is 2. The van der Waals surface area contributed by atoms with Crippen molar-refractivity contribution in [3.05, 3.63) is 70.3 Å². The van der Waals surface area contributed by atoms with Gasteiger partial charge in [0.15, 0.2) is 5.84 Å². The minimum atomic E-state index is -0.556. The lowest BCUT2D eigenvalue weighted by molar-refractivity contribution is -0.128. The van der Waals surface area contributed by atoms with Gasteiger partial charge in [-0.2, -0.15) is 15.1 Å².